The zero-order valence-electron chi connectivity index (χ0n) is 14.6. The molecule has 2 aliphatic heterocycles. The van der Waals surface area contributed by atoms with E-state index in [4.69, 9.17) is 14.6 Å². The minimum absolute atomic E-state index is 0.0251. The minimum Gasteiger partial charge on any atom is -0.497 e. The van der Waals surface area contributed by atoms with Crippen LogP contribution < -0.4 is 4.74 Å². The van der Waals surface area contributed by atoms with E-state index in [1.807, 2.05) is 24.3 Å². The van der Waals surface area contributed by atoms with Gasteiger partial charge in [-0.05, 0) is 17.7 Å². The van der Waals surface area contributed by atoms with Crippen molar-refractivity contribution in [3.05, 3.63) is 29.8 Å². The minimum atomic E-state index is -1.08. The second-order valence-electron chi connectivity index (χ2n) is 6.51. The van der Waals surface area contributed by atoms with Crippen LogP contribution in [0.5, 0.6) is 5.75 Å². The predicted molar refractivity (Wildman–Crippen MR) is 90.5 cm³/mol. The number of amides is 2. The molecular formula is C18H22N2O6. The van der Waals surface area contributed by atoms with Crippen LogP contribution in [0, 0.1) is 5.92 Å². The Kier molecular flexibility index (Phi) is 5.41. The van der Waals surface area contributed by atoms with E-state index < -0.39 is 18.0 Å². The average molecular weight is 362 g/mol. The number of benzene rings is 1. The van der Waals surface area contributed by atoms with Crippen molar-refractivity contribution in [3.63, 3.8) is 0 Å². The molecule has 2 aliphatic rings. The van der Waals surface area contributed by atoms with Gasteiger partial charge in [-0.15, -0.1) is 0 Å². The van der Waals surface area contributed by atoms with Gasteiger partial charge in [-0.25, -0.2) is 4.79 Å². The van der Waals surface area contributed by atoms with Crippen LogP contribution in [-0.2, 0) is 25.7 Å². The molecule has 140 valence electrons. The van der Waals surface area contributed by atoms with Gasteiger partial charge in [0, 0.05) is 26.1 Å². The van der Waals surface area contributed by atoms with Gasteiger partial charge in [0.2, 0.25) is 11.8 Å². The van der Waals surface area contributed by atoms with Crippen molar-refractivity contribution in [2.45, 2.75) is 19.1 Å². The number of hydrogen-bond acceptors (Lipinski definition) is 5. The molecule has 0 spiro atoms. The summed E-state index contributed by atoms with van der Waals surface area (Å²) in [5, 5.41) is 9.05. The molecule has 3 rings (SSSR count). The fraction of sp³-hybridized carbons (Fsp3) is 0.500. The summed E-state index contributed by atoms with van der Waals surface area (Å²) in [7, 11) is 1.59. The predicted octanol–water partition coefficient (Wildman–Crippen LogP) is 0.356. The van der Waals surface area contributed by atoms with Gasteiger partial charge in [0.15, 0.2) is 6.10 Å². The third-order valence-corrected chi connectivity index (χ3v) is 4.75. The molecule has 0 saturated carbocycles. The Morgan fingerprint density at radius 2 is 2.00 bits per heavy atom. The molecule has 1 aromatic rings. The summed E-state index contributed by atoms with van der Waals surface area (Å²) in [4.78, 5) is 39.2. The molecular weight excluding hydrogens is 340 g/mol. The van der Waals surface area contributed by atoms with Crippen molar-refractivity contribution in [1.29, 1.82) is 0 Å². The van der Waals surface area contributed by atoms with E-state index in [1.165, 1.54) is 4.90 Å². The van der Waals surface area contributed by atoms with Crippen molar-refractivity contribution < 1.29 is 29.0 Å². The highest BCUT2D eigenvalue weighted by molar-refractivity contribution is 5.89. The fourth-order valence-corrected chi connectivity index (χ4v) is 3.30. The van der Waals surface area contributed by atoms with Crippen LogP contribution in [-0.4, -0.2) is 72.1 Å². The molecule has 0 aliphatic carbocycles. The molecule has 0 radical (unpaired) electrons. The maximum atomic E-state index is 12.7. The molecule has 1 aromatic carbocycles. The molecule has 8 nitrogen and oxygen atoms in total. The highest BCUT2D eigenvalue weighted by Gasteiger charge is 2.38. The number of aliphatic carboxylic acids is 1. The van der Waals surface area contributed by atoms with Crippen molar-refractivity contribution in [1.82, 2.24) is 9.80 Å². The molecule has 2 atom stereocenters. The number of likely N-dealkylation sites (tertiary alicyclic amines) is 1. The van der Waals surface area contributed by atoms with Gasteiger partial charge < -0.3 is 24.4 Å². The van der Waals surface area contributed by atoms with Crippen LogP contribution in [0.4, 0.5) is 0 Å². The van der Waals surface area contributed by atoms with E-state index in [1.54, 1.807) is 12.0 Å². The summed E-state index contributed by atoms with van der Waals surface area (Å²) >= 11 is 0. The number of morpholine rings is 1. The summed E-state index contributed by atoms with van der Waals surface area (Å²) in [5.74, 6) is -1.01. The standard InChI is InChI=1S/C18H22N2O6/c1-25-14-4-2-12(3-5-14)9-20-10-13(8-16(20)21)17(22)19-6-7-26-15(11-19)18(23)24/h2-5,13,15H,6-11H2,1H3,(H,23,24)/t13-,15+/m1/s1. The monoisotopic (exact) mass is 362 g/mol. The van der Waals surface area contributed by atoms with Crippen LogP contribution in [0.3, 0.4) is 0 Å². The topological polar surface area (TPSA) is 96.4 Å². The molecule has 0 unspecified atom stereocenters. The van der Waals surface area contributed by atoms with E-state index in [9.17, 15) is 14.4 Å². The molecule has 2 heterocycles. The molecule has 2 saturated heterocycles. The lowest BCUT2D eigenvalue weighted by molar-refractivity contribution is -0.160. The Labute approximate surface area is 151 Å². The lowest BCUT2D eigenvalue weighted by Crippen LogP contribution is -2.50. The van der Waals surface area contributed by atoms with Crippen molar-refractivity contribution in [2.24, 2.45) is 5.92 Å². The molecule has 0 bridgehead atoms. The van der Waals surface area contributed by atoms with Gasteiger partial charge in [0.25, 0.3) is 0 Å². The van der Waals surface area contributed by atoms with E-state index in [0.29, 0.717) is 19.6 Å². The van der Waals surface area contributed by atoms with Crippen LogP contribution in [0.25, 0.3) is 0 Å². The molecule has 0 aromatic heterocycles. The number of carboxylic acid groups (broad SMARTS) is 1. The number of methoxy groups -OCH3 is 1. The zero-order valence-corrected chi connectivity index (χ0v) is 14.6. The van der Waals surface area contributed by atoms with E-state index in [-0.39, 0.29) is 31.4 Å². The lowest BCUT2D eigenvalue weighted by atomic mass is 10.1. The first-order valence-electron chi connectivity index (χ1n) is 8.52. The molecule has 8 heteroatoms. The number of ether oxygens (including phenoxy) is 2. The Morgan fingerprint density at radius 3 is 2.65 bits per heavy atom. The zero-order chi connectivity index (χ0) is 18.7. The van der Waals surface area contributed by atoms with Gasteiger partial charge in [-0.1, -0.05) is 12.1 Å². The number of carbonyl (C=O) groups excluding carboxylic acids is 2. The largest absolute Gasteiger partial charge is 0.497 e. The molecule has 26 heavy (non-hydrogen) atoms. The van der Waals surface area contributed by atoms with E-state index in [0.717, 1.165) is 11.3 Å². The second-order valence-corrected chi connectivity index (χ2v) is 6.51. The second kappa shape index (κ2) is 7.74. The number of carbonyl (C=O) groups is 3. The first kappa shape index (κ1) is 18.2. The number of nitrogens with zero attached hydrogens (tertiary/aromatic N) is 2. The quantitative estimate of drug-likeness (QED) is 0.812. The number of rotatable bonds is 5. The van der Waals surface area contributed by atoms with E-state index in [2.05, 4.69) is 0 Å². The summed E-state index contributed by atoms with van der Waals surface area (Å²) in [6, 6.07) is 7.44. The first-order chi connectivity index (χ1) is 12.5. The average Bonchev–Trinajstić information content (AvgIpc) is 3.02. The third kappa shape index (κ3) is 3.96. The van der Waals surface area contributed by atoms with Gasteiger partial charge in [0.05, 0.1) is 26.2 Å². The molecule has 2 fully saturated rings. The summed E-state index contributed by atoms with van der Waals surface area (Å²) in [5.41, 5.74) is 0.963. The normalized spacial score (nSPS) is 23.2. The van der Waals surface area contributed by atoms with Crippen LogP contribution in [0.2, 0.25) is 0 Å². The van der Waals surface area contributed by atoms with Gasteiger partial charge in [0.1, 0.15) is 5.75 Å². The number of carboxylic acids is 1. The van der Waals surface area contributed by atoms with Gasteiger partial charge >= 0.3 is 5.97 Å². The summed E-state index contributed by atoms with van der Waals surface area (Å²) < 4.78 is 10.3. The van der Waals surface area contributed by atoms with Crippen LogP contribution >= 0.6 is 0 Å². The highest BCUT2D eigenvalue weighted by atomic mass is 16.5. The van der Waals surface area contributed by atoms with Crippen molar-refractivity contribution >= 4 is 17.8 Å². The Balaban J connectivity index is 1.59. The summed E-state index contributed by atoms with van der Waals surface area (Å²) in [6.07, 6.45) is -0.843. The maximum Gasteiger partial charge on any atom is 0.334 e. The Bertz CT molecular complexity index is 689. The maximum absolute atomic E-state index is 12.7. The van der Waals surface area contributed by atoms with Crippen molar-refractivity contribution in [2.75, 3.05) is 33.4 Å². The smallest absolute Gasteiger partial charge is 0.334 e. The Morgan fingerprint density at radius 1 is 1.27 bits per heavy atom. The lowest BCUT2D eigenvalue weighted by Gasteiger charge is -2.32. The van der Waals surface area contributed by atoms with Crippen LogP contribution in [0.15, 0.2) is 24.3 Å². The first-order valence-corrected chi connectivity index (χ1v) is 8.52. The van der Waals surface area contributed by atoms with Gasteiger partial charge in [-0.3, -0.25) is 9.59 Å². The SMILES string of the molecule is COc1ccc(CN2C[C@H](C(=O)N3CCO[C@H](C(=O)O)C3)CC2=O)cc1. The highest BCUT2D eigenvalue weighted by Crippen LogP contribution is 2.24. The summed E-state index contributed by atoms with van der Waals surface area (Å²) in [6.45, 7) is 1.36. The van der Waals surface area contributed by atoms with Crippen LogP contribution in [0.1, 0.15) is 12.0 Å². The molecule has 2 amide bonds. The van der Waals surface area contributed by atoms with Crippen molar-refractivity contribution in [3.8, 4) is 5.75 Å². The van der Waals surface area contributed by atoms with Gasteiger partial charge in [-0.2, -0.15) is 0 Å². The van der Waals surface area contributed by atoms with E-state index >= 15 is 0 Å². The Hall–Kier alpha value is -2.61. The fourth-order valence-electron chi connectivity index (χ4n) is 3.30. The number of hydrogen-bond donors (Lipinski definition) is 1. The third-order valence-electron chi connectivity index (χ3n) is 4.75. The molecule has 1 N–H and O–H groups in total.